The van der Waals surface area contributed by atoms with Crippen molar-refractivity contribution >= 4 is 51.4 Å². The number of anilines is 2. The summed E-state index contributed by atoms with van der Waals surface area (Å²) in [6.45, 7) is 1.97. The van der Waals surface area contributed by atoms with E-state index >= 15 is 0 Å². The molecule has 1 fully saturated rings. The first-order valence-corrected chi connectivity index (χ1v) is 13.9. The lowest BCUT2D eigenvalue weighted by Gasteiger charge is -2.34. The van der Waals surface area contributed by atoms with Crippen LogP contribution in [0.2, 0.25) is 0 Å². The van der Waals surface area contributed by atoms with Gasteiger partial charge in [0, 0.05) is 11.4 Å². The number of hydrogen-bond acceptors (Lipinski definition) is 6. The van der Waals surface area contributed by atoms with E-state index in [1.165, 1.54) is 4.90 Å². The van der Waals surface area contributed by atoms with Gasteiger partial charge in [0.2, 0.25) is 5.91 Å². The standard InChI is InChI=1S/C30H31N5O3S/c1-18-14-16-20(17-15-18)26(29(37)33-21-10-3-2-4-11-21)35(23-13-7-9-19-8-5-6-12-22(19)23)30(38)27-24(31)25(28(32)36)34-39-27/h5-9,12-17,21,26H,2-4,10-11,31H2,1H3,(H2,32,36)(H,33,37)/t26-/m0/s1. The van der Waals surface area contributed by atoms with E-state index in [0.29, 0.717) is 11.3 Å². The predicted molar refractivity (Wildman–Crippen MR) is 155 cm³/mol. The van der Waals surface area contributed by atoms with Crippen molar-refractivity contribution < 1.29 is 14.4 Å². The summed E-state index contributed by atoms with van der Waals surface area (Å²) in [4.78, 5) is 42.0. The quantitative estimate of drug-likeness (QED) is 0.299. The monoisotopic (exact) mass is 541 g/mol. The summed E-state index contributed by atoms with van der Waals surface area (Å²) in [5.74, 6) is -1.62. The highest BCUT2D eigenvalue weighted by Gasteiger charge is 2.37. The van der Waals surface area contributed by atoms with Crippen molar-refractivity contribution in [1.82, 2.24) is 9.69 Å². The van der Waals surface area contributed by atoms with Crippen LogP contribution in [0.15, 0.2) is 66.7 Å². The Hall–Kier alpha value is -4.24. The van der Waals surface area contributed by atoms with Gasteiger partial charge in [0.25, 0.3) is 11.8 Å². The van der Waals surface area contributed by atoms with E-state index in [1.54, 1.807) is 0 Å². The number of nitrogen functional groups attached to an aromatic ring is 1. The molecule has 0 spiro atoms. The summed E-state index contributed by atoms with van der Waals surface area (Å²) in [5.41, 5.74) is 13.7. The minimum atomic E-state index is -0.996. The molecule has 3 amide bonds. The Morgan fingerprint density at radius 3 is 2.36 bits per heavy atom. The molecule has 0 aliphatic heterocycles. The number of hydrogen-bond donors (Lipinski definition) is 3. The molecule has 200 valence electrons. The molecule has 8 nitrogen and oxygen atoms in total. The molecule has 0 bridgehead atoms. The molecule has 4 aromatic rings. The minimum Gasteiger partial charge on any atom is -0.395 e. The average Bonchev–Trinajstić information content (AvgIpc) is 3.34. The zero-order chi connectivity index (χ0) is 27.5. The van der Waals surface area contributed by atoms with E-state index in [0.717, 1.165) is 60.0 Å². The van der Waals surface area contributed by atoms with Crippen LogP contribution in [0.25, 0.3) is 10.8 Å². The van der Waals surface area contributed by atoms with Crippen LogP contribution in [0.3, 0.4) is 0 Å². The van der Waals surface area contributed by atoms with Crippen LogP contribution in [-0.4, -0.2) is 28.1 Å². The molecule has 1 atom stereocenters. The number of aryl methyl sites for hydroxylation is 1. The lowest BCUT2D eigenvalue weighted by atomic mass is 9.94. The van der Waals surface area contributed by atoms with Crippen molar-refractivity contribution in [3.63, 3.8) is 0 Å². The maximum atomic E-state index is 14.4. The van der Waals surface area contributed by atoms with Crippen LogP contribution >= 0.6 is 11.5 Å². The third kappa shape index (κ3) is 5.35. The number of benzene rings is 3. The van der Waals surface area contributed by atoms with Gasteiger partial charge < -0.3 is 16.8 Å². The van der Waals surface area contributed by atoms with Crippen molar-refractivity contribution in [1.29, 1.82) is 0 Å². The minimum absolute atomic E-state index is 0.0404. The number of aromatic nitrogens is 1. The van der Waals surface area contributed by atoms with Gasteiger partial charge in [-0.25, -0.2) is 0 Å². The van der Waals surface area contributed by atoms with Crippen molar-refractivity contribution in [2.75, 3.05) is 10.6 Å². The molecule has 1 aliphatic rings. The second-order valence-corrected chi connectivity index (χ2v) is 10.7. The van der Waals surface area contributed by atoms with Crippen molar-refractivity contribution in [2.45, 2.75) is 51.1 Å². The maximum Gasteiger partial charge on any atom is 0.273 e. The first-order valence-electron chi connectivity index (χ1n) is 13.1. The van der Waals surface area contributed by atoms with Crippen LogP contribution in [0.4, 0.5) is 11.4 Å². The highest BCUT2D eigenvalue weighted by atomic mass is 32.1. The van der Waals surface area contributed by atoms with Crippen LogP contribution < -0.4 is 21.7 Å². The third-order valence-corrected chi connectivity index (χ3v) is 8.10. The summed E-state index contributed by atoms with van der Waals surface area (Å²) in [6, 6.07) is 20.0. The number of nitrogens with zero attached hydrogens (tertiary/aromatic N) is 2. The summed E-state index contributed by atoms with van der Waals surface area (Å²) in [7, 11) is 0. The van der Waals surface area contributed by atoms with E-state index in [9.17, 15) is 14.4 Å². The molecular weight excluding hydrogens is 510 g/mol. The molecule has 3 aromatic carbocycles. The van der Waals surface area contributed by atoms with Gasteiger partial charge in [0.1, 0.15) is 10.9 Å². The average molecular weight is 542 g/mol. The fourth-order valence-corrected chi connectivity index (χ4v) is 5.96. The van der Waals surface area contributed by atoms with Gasteiger partial charge >= 0.3 is 0 Å². The second kappa shape index (κ2) is 11.2. The number of fused-ring (bicyclic) bond motifs is 1. The Kier molecular flexibility index (Phi) is 7.60. The molecular formula is C30H31N5O3S. The lowest BCUT2D eigenvalue weighted by molar-refractivity contribution is -0.123. The second-order valence-electron chi connectivity index (χ2n) is 9.97. The first kappa shape index (κ1) is 26.4. The van der Waals surface area contributed by atoms with Gasteiger partial charge in [-0.2, -0.15) is 4.37 Å². The van der Waals surface area contributed by atoms with Crippen LogP contribution in [-0.2, 0) is 4.79 Å². The van der Waals surface area contributed by atoms with Crippen molar-refractivity contribution in [3.8, 4) is 0 Å². The molecule has 5 rings (SSSR count). The lowest BCUT2D eigenvalue weighted by Crippen LogP contribution is -2.47. The number of rotatable bonds is 7. The fraction of sp³-hybridized carbons (Fsp3) is 0.267. The Morgan fingerprint density at radius 1 is 0.974 bits per heavy atom. The molecule has 39 heavy (non-hydrogen) atoms. The first-order chi connectivity index (χ1) is 18.8. The van der Waals surface area contributed by atoms with Crippen LogP contribution in [0, 0.1) is 6.92 Å². The Bertz CT molecular complexity index is 1520. The van der Waals surface area contributed by atoms with Gasteiger partial charge in [0.05, 0.1) is 11.4 Å². The van der Waals surface area contributed by atoms with Gasteiger partial charge in [-0.3, -0.25) is 19.3 Å². The summed E-state index contributed by atoms with van der Waals surface area (Å²) >= 11 is 0.805. The Labute approximate surface area is 231 Å². The molecule has 0 saturated heterocycles. The van der Waals surface area contributed by atoms with E-state index in [1.807, 2.05) is 73.7 Å². The molecule has 9 heteroatoms. The summed E-state index contributed by atoms with van der Waals surface area (Å²) in [6.07, 6.45) is 5.07. The van der Waals surface area contributed by atoms with Crippen molar-refractivity contribution in [2.24, 2.45) is 5.73 Å². The van der Waals surface area contributed by atoms with E-state index < -0.39 is 17.9 Å². The Morgan fingerprint density at radius 2 is 1.67 bits per heavy atom. The predicted octanol–water partition coefficient (Wildman–Crippen LogP) is 5.12. The molecule has 0 radical (unpaired) electrons. The van der Waals surface area contributed by atoms with Gasteiger partial charge in [-0.15, -0.1) is 0 Å². The number of primary amides is 1. The number of amides is 3. The molecule has 1 saturated carbocycles. The number of carbonyl (C=O) groups is 3. The zero-order valence-electron chi connectivity index (χ0n) is 21.7. The Balaban J connectivity index is 1.70. The smallest absolute Gasteiger partial charge is 0.273 e. The van der Waals surface area contributed by atoms with Gasteiger partial charge in [0.15, 0.2) is 5.69 Å². The molecule has 1 heterocycles. The molecule has 1 aliphatic carbocycles. The fourth-order valence-electron chi connectivity index (χ4n) is 5.22. The SMILES string of the molecule is Cc1ccc([C@@H](C(=O)NC2CCCCC2)N(C(=O)c2snc(C(N)=O)c2N)c2cccc3ccccc23)cc1. The van der Waals surface area contributed by atoms with E-state index in [-0.39, 0.29) is 28.2 Å². The van der Waals surface area contributed by atoms with Crippen LogP contribution in [0.1, 0.15) is 69.4 Å². The van der Waals surface area contributed by atoms with E-state index in [2.05, 4.69) is 9.69 Å². The largest absolute Gasteiger partial charge is 0.395 e. The maximum absolute atomic E-state index is 14.4. The topological polar surface area (TPSA) is 131 Å². The van der Waals surface area contributed by atoms with E-state index in [4.69, 9.17) is 11.5 Å². The molecule has 5 N–H and O–H groups in total. The van der Waals surface area contributed by atoms with Gasteiger partial charge in [-0.05, 0) is 48.3 Å². The van der Waals surface area contributed by atoms with Crippen LogP contribution in [0.5, 0.6) is 0 Å². The highest BCUT2D eigenvalue weighted by Crippen LogP contribution is 2.37. The summed E-state index contributed by atoms with van der Waals surface area (Å²) in [5, 5.41) is 4.94. The third-order valence-electron chi connectivity index (χ3n) is 7.25. The summed E-state index contributed by atoms with van der Waals surface area (Å²) < 4.78 is 4.05. The highest BCUT2D eigenvalue weighted by molar-refractivity contribution is 7.09. The molecule has 0 unspecified atom stereocenters. The van der Waals surface area contributed by atoms with Crippen molar-refractivity contribution in [3.05, 3.63) is 88.4 Å². The molecule has 1 aromatic heterocycles. The van der Waals surface area contributed by atoms with Gasteiger partial charge in [-0.1, -0.05) is 85.5 Å². The zero-order valence-corrected chi connectivity index (χ0v) is 22.5. The normalized spacial score (nSPS) is 14.6. The number of carbonyl (C=O) groups excluding carboxylic acids is 3. The number of nitrogens with two attached hydrogens (primary N) is 2. The number of nitrogens with one attached hydrogen (secondary N) is 1.